The van der Waals surface area contributed by atoms with Crippen LogP contribution in [-0.4, -0.2) is 20.3 Å². The Hall–Kier alpha value is -0.380. The molecular formula is C11H17NOS. The van der Waals surface area contributed by atoms with Crippen molar-refractivity contribution in [3.8, 4) is 0 Å². The molecule has 0 aromatic carbocycles. The number of nitrogens with one attached hydrogen (secondary N) is 1. The van der Waals surface area contributed by atoms with Gasteiger partial charge in [-0.2, -0.15) is 0 Å². The van der Waals surface area contributed by atoms with Crippen LogP contribution in [0.25, 0.3) is 0 Å². The van der Waals surface area contributed by atoms with E-state index in [1.54, 1.807) is 0 Å². The molecule has 1 aromatic heterocycles. The first-order chi connectivity index (χ1) is 6.92. The quantitative estimate of drug-likeness (QED) is 0.829. The van der Waals surface area contributed by atoms with Crippen LogP contribution in [0.1, 0.15) is 23.8 Å². The topological polar surface area (TPSA) is 21.3 Å². The lowest BCUT2D eigenvalue weighted by Gasteiger charge is -2.29. The van der Waals surface area contributed by atoms with Crippen molar-refractivity contribution < 1.29 is 4.74 Å². The third kappa shape index (κ3) is 2.16. The van der Waals surface area contributed by atoms with Crippen molar-refractivity contribution in [2.45, 2.75) is 18.9 Å². The second-order valence-electron chi connectivity index (χ2n) is 3.73. The molecule has 0 aliphatic carbocycles. The lowest BCUT2D eigenvalue weighted by atomic mass is 9.91. The van der Waals surface area contributed by atoms with Crippen LogP contribution in [0, 0.1) is 5.92 Å². The minimum atomic E-state index is 0.527. The van der Waals surface area contributed by atoms with Crippen molar-refractivity contribution in [2.24, 2.45) is 5.92 Å². The summed E-state index contributed by atoms with van der Waals surface area (Å²) in [6, 6.07) is 4.88. The monoisotopic (exact) mass is 211 g/mol. The second-order valence-corrected chi connectivity index (χ2v) is 4.71. The minimum Gasteiger partial charge on any atom is -0.381 e. The fourth-order valence-corrected chi connectivity index (χ4v) is 3.06. The molecule has 14 heavy (non-hydrogen) atoms. The number of rotatable bonds is 3. The van der Waals surface area contributed by atoms with Crippen LogP contribution in [0.4, 0.5) is 0 Å². The Morgan fingerprint density at radius 1 is 1.50 bits per heavy atom. The molecule has 0 spiro atoms. The first-order valence-corrected chi connectivity index (χ1v) is 6.08. The van der Waals surface area contributed by atoms with E-state index in [-0.39, 0.29) is 0 Å². The van der Waals surface area contributed by atoms with Gasteiger partial charge in [0.2, 0.25) is 0 Å². The third-order valence-corrected chi connectivity index (χ3v) is 3.85. The number of hydrogen-bond donors (Lipinski definition) is 1. The van der Waals surface area contributed by atoms with Gasteiger partial charge < -0.3 is 10.1 Å². The van der Waals surface area contributed by atoms with Crippen LogP contribution in [0.2, 0.25) is 0 Å². The Labute approximate surface area is 89.3 Å². The molecule has 0 saturated carbocycles. The molecule has 1 aromatic rings. The van der Waals surface area contributed by atoms with E-state index in [0.717, 1.165) is 19.1 Å². The molecule has 2 rings (SSSR count). The zero-order valence-electron chi connectivity index (χ0n) is 8.53. The lowest BCUT2D eigenvalue weighted by molar-refractivity contribution is 0.0550. The SMILES string of the molecule is CNC(c1cccs1)C1CCOCC1. The lowest BCUT2D eigenvalue weighted by Crippen LogP contribution is -2.29. The Morgan fingerprint density at radius 2 is 2.29 bits per heavy atom. The molecule has 1 saturated heterocycles. The molecule has 1 unspecified atom stereocenters. The second kappa shape index (κ2) is 4.91. The van der Waals surface area contributed by atoms with E-state index >= 15 is 0 Å². The van der Waals surface area contributed by atoms with Gasteiger partial charge in [-0.25, -0.2) is 0 Å². The Kier molecular flexibility index (Phi) is 3.56. The van der Waals surface area contributed by atoms with E-state index in [1.165, 1.54) is 17.7 Å². The molecule has 1 aliphatic heterocycles. The summed E-state index contributed by atoms with van der Waals surface area (Å²) in [7, 11) is 2.06. The van der Waals surface area contributed by atoms with Gasteiger partial charge >= 0.3 is 0 Å². The molecule has 1 aliphatic rings. The van der Waals surface area contributed by atoms with Gasteiger partial charge in [0.15, 0.2) is 0 Å². The van der Waals surface area contributed by atoms with Gasteiger partial charge in [0.25, 0.3) is 0 Å². The van der Waals surface area contributed by atoms with E-state index < -0.39 is 0 Å². The highest BCUT2D eigenvalue weighted by atomic mass is 32.1. The fraction of sp³-hybridized carbons (Fsp3) is 0.636. The molecule has 2 nitrogen and oxygen atoms in total. The summed E-state index contributed by atoms with van der Waals surface area (Å²) in [5.74, 6) is 0.743. The van der Waals surface area contributed by atoms with Gasteiger partial charge in [0.05, 0.1) is 0 Å². The van der Waals surface area contributed by atoms with Gasteiger partial charge in [0, 0.05) is 24.1 Å². The highest BCUT2D eigenvalue weighted by molar-refractivity contribution is 7.10. The number of ether oxygens (including phenoxy) is 1. The zero-order chi connectivity index (χ0) is 9.80. The third-order valence-electron chi connectivity index (χ3n) is 2.90. The predicted octanol–water partition coefficient (Wildman–Crippen LogP) is 2.44. The van der Waals surface area contributed by atoms with Gasteiger partial charge in [-0.1, -0.05) is 6.07 Å². The van der Waals surface area contributed by atoms with Gasteiger partial charge in [-0.15, -0.1) is 11.3 Å². The molecule has 1 atom stereocenters. The Bertz CT molecular complexity index is 254. The average molecular weight is 211 g/mol. The molecule has 3 heteroatoms. The zero-order valence-corrected chi connectivity index (χ0v) is 9.35. The Morgan fingerprint density at radius 3 is 2.86 bits per heavy atom. The maximum absolute atomic E-state index is 5.39. The summed E-state index contributed by atoms with van der Waals surface area (Å²) >= 11 is 1.85. The highest BCUT2D eigenvalue weighted by Crippen LogP contribution is 2.31. The van der Waals surface area contributed by atoms with E-state index in [4.69, 9.17) is 4.74 Å². The summed E-state index contributed by atoms with van der Waals surface area (Å²) in [5.41, 5.74) is 0. The van der Waals surface area contributed by atoms with Crippen LogP contribution in [0.5, 0.6) is 0 Å². The first kappa shape index (κ1) is 10.1. The normalized spacial score (nSPS) is 20.9. The number of thiophene rings is 1. The van der Waals surface area contributed by atoms with Crippen molar-refractivity contribution in [1.29, 1.82) is 0 Å². The maximum atomic E-state index is 5.39. The summed E-state index contributed by atoms with van der Waals surface area (Å²) in [5, 5.41) is 5.58. The van der Waals surface area contributed by atoms with Crippen LogP contribution < -0.4 is 5.32 Å². The summed E-state index contributed by atoms with van der Waals surface area (Å²) in [4.78, 5) is 1.46. The molecule has 0 amide bonds. The van der Waals surface area contributed by atoms with Crippen molar-refractivity contribution >= 4 is 11.3 Å². The Balaban J connectivity index is 2.04. The smallest absolute Gasteiger partial charge is 0.0469 e. The number of hydrogen-bond acceptors (Lipinski definition) is 3. The standard InChI is InChI=1S/C11H17NOS/c1-12-11(10-3-2-8-14-10)9-4-6-13-7-5-9/h2-3,8-9,11-12H,4-7H2,1H3. The van der Waals surface area contributed by atoms with Crippen molar-refractivity contribution in [3.05, 3.63) is 22.4 Å². The maximum Gasteiger partial charge on any atom is 0.0469 e. The summed E-state index contributed by atoms with van der Waals surface area (Å²) < 4.78 is 5.39. The molecule has 78 valence electrons. The van der Waals surface area contributed by atoms with E-state index in [9.17, 15) is 0 Å². The average Bonchev–Trinajstić information content (AvgIpc) is 2.74. The highest BCUT2D eigenvalue weighted by Gasteiger charge is 2.24. The molecule has 1 fully saturated rings. The molecular weight excluding hydrogens is 194 g/mol. The molecule has 0 radical (unpaired) electrons. The van der Waals surface area contributed by atoms with Gasteiger partial charge in [-0.3, -0.25) is 0 Å². The van der Waals surface area contributed by atoms with Gasteiger partial charge in [-0.05, 0) is 37.3 Å². The molecule has 0 bridgehead atoms. The van der Waals surface area contributed by atoms with Crippen LogP contribution in [0.15, 0.2) is 17.5 Å². The van der Waals surface area contributed by atoms with E-state index in [0.29, 0.717) is 6.04 Å². The molecule has 1 N–H and O–H groups in total. The van der Waals surface area contributed by atoms with Crippen molar-refractivity contribution in [2.75, 3.05) is 20.3 Å². The van der Waals surface area contributed by atoms with Crippen molar-refractivity contribution in [1.82, 2.24) is 5.32 Å². The largest absolute Gasteiger partial charge is 0.381 e. The van der Waals surface area contributed by atoms with E-state index in [1.807, 2.05) is 11.3 Å². The first-order valence-electron chi connectivity index (χ1n) is 5.20. The van der Waals surface area contributed by atoms with Crippen LogP contribution >= 0.6 is 11.3 Å². The van der Waals surface area contributed by atoms with Crippen LogP contribution in [-0.2, 0) is 4.74 Å². The van der Waals surface area contributed by atoms with E-state index in [2.05, 4.69) is 29.9 Å². The molecule has 2 heterocycles. The predicted molar refractivity (Wildman–Crippen MR) is 59.7 cm³/mol. The summed E-state index contributed by atoms with van der Waals surface area (Å²) in [6.45, 7) is 1.85. The minimum absolute atomic E-state index is 0.527. The summed E-state index contributed by atoms with van der Waals surface area (Å²) in [6.07, 6.45) is 2.37. The van der Waals surface area contributed by atoms with Gasteiger partial charge in [0.1, 0.15) is 0 Å². The van der Waals surface area contributed by atoms with Crippen molar-refractivity contribution in [3.63, 3.8) is 0 Å². The van der Waals surface area contributed by atoms with Crippen LogP contribution in [0.3, 0.4) is 0 Å². The fourth-order valence-electron chi connectivity index (χ4n) is 2.13.